The average molecular weight is 541 g/mol. The van der Waals surface area contributed by atoms with Crippen molar-refractivity contribution in [3.05, 3.63) is 122 Å². The van der Waals surface area contributed by atoms with Crippen molar-refractivity contribution in [1.29, 1.82) is 0 Å². The standard InChI is InChI=1S/C31H33ClN6O/c1-5-31(3,4)38-29(34-35-36-38)28(26-18-24-13-9-10-21(2)27(24)33-30(26)39)37(19-22-11-7-6-8-12-22)20-23-14-16-25(32)17-15-23/h6-18,28H,5,19-20H2,1-4H3,(H,33,39)/t28-/m1/s1. The van der Waals surface area contributed by atoms with Crippen LogP contribution in [-0.2, 0) is 18.6 Å². The maximum atomic E-state index is 13.8. The molecule has 1 atom stereocenters. The SMILES string of the molecule is CCC(C)(C)n1nnnc1[C@@H](c1cc2cccc(C)c2[nH]c1=O)N(Cc1ccccc1)Cc1ccc(Cl)cc1. The second kappa shape index (κ2) is 11.1. The number of tetrazole rings is 1. The molecule has 0 aliphatic rings. The molecule has 0 saturated heterocycles. The van der Waals surface area contributed by atoms with Gasteiger partial charge in [-0.25, -0.2) is 4.68 Å². The van der Waals surface area contributed by atoms with E-state index in [-0.39, 0.29) is 11.1 Å². The van der Waals surface area contributed by atoms with Gasteiger partial charge in [-0.2, -0.15) is 0 Å². The molecule has 8 heteroatoms. The van der Waals surface area contributed by atoms with Gasteiger partial charge in [-0.15, -0.1) is 5.10 Å². The van der Waals surface area contributed by atoms with Crippen molar-refractivity contribution in [3.8, 4) is 0 Å². The Hall–Kier alpha value is -3.81. The predicted octanol–water partition coefficient (Wildman–Crippen LogP) is 6.41. The van der Waals surface area contributed by atoms with Crippen LogP contribution in [0.15, 0.2) is 83.7 Å². The summed E-state index contributed by atoms with van der Waals surface area (Å²) in [4.78, 5) is 19.2. The summed E-state index contributed by atoms with van der Waals surface area (Å²) in [6, 6.07) is 25.6. The number of benzene rings is 3. The number of hydrogen-bond acceptors (Lipinski definition) is 5. The van der Waals surface area contributed by atoms with Crippen LogP contribution in [0.3, 0.4) is 0 Å². The van der Waals surface area contributed by atoms with Gasteiger partial charge in [0, 0.05) is 23.7 Å². The molecule has 2 aromatic heterocycles. The average Bonchev–Trinajstić information content (AvgIpc) is 3.42. The van der Waals surface area contributed by atoms with Gasteiger partial charge in [0.15, 0.2) is 5.82 Å². The maximum absolute atomic E-state index is 13.8. The summed E-state index contributed by atoms with van der Waals surface area (Å²) in [5.74, 6) is 0.629. The van der Waals surface area contributed by atoms with Gasteiger partial charge in [-0.1, -0.05) is 79.2 Å². The number of hydrogen-bond donors (Lipinski definition) is 1. The van der Waals surface area contributed by atoms with Crippen LogP contribution in [0.2, 0.25) is 5.02 Å². The van der Waals surface area contributed by atoms with Gasteiger partial charge in [-0.3, -0.25) is 9.69 Å². The minimum absolute atomic E-state index is 0.153. The normalized spacial score (nSPS) is 12.8. The van der Waals surface area contributed by atoms with Crippen LogP contribution in [0.25, 0.3) is 10.9 Å². The van der Waals surface area contributed by atoms with Gasteiger partial charge in [0.05, 0.1) is 11.1 Å². The number of H-pyrrole nitrogens is 1. The number of nitrogens with zero attached hydrogens (tertiary/aromatic N) is 5. The molecule has 0 spiro atoms. The van der Waals surface area contributed by atoms with E-state index < -0.39 is 6.04 Å². The summed E-state index contributed by atoms with van der Waals surface area (Å²) in [6.45, 7) is 9.47. The molecule has 0 amide bonds. The van der Waals surface area contributed by atoms with E-state index in [1.807, 2.05) is 78.3 Å². The van der Waals surface area contributed by atoms with Crippen molar-refractivity contribution in [2.75, 3.05) is 0 Å². The highest BCUT2D eigenvalue weighted by Crippen LogP contribution is 2.33. The third-order valence-corrected chi connectivity index (χ3v) is 7.73. The number of aryl methyl sites for hydroxylation is 1. The number of aromatic nitrogens is 5. The molecule has 0 saturated carbocycles. The van der Waals surface area contributed by atoms with Crippen LogP contribution < -0.4 is 5.56 Å². The van der Waals surface area contributed by atoms with Crippen LogP contribution in [0.4, 0.5) is 0 Å². The minimum atomic E-state index is -0.518. The smallest absolute Gasteiger partial charge is 0.253 e. The van der Waals surface area contributed by atoms with Crippen LogP contribution in [-0.4, -0.2) is 30.1 Å². The number of nitrogens with one attached hydrogen (secondary N) is 1. The molecule has 3 aromatic carbocycles. The maximum Gasteiger partial charge on any atom is 0.253 e. The molecule has 7 nitrogen and oxygen atoms in total. The number of halogens is 1. The van der Waals surface area contributed by atoms with E-state index in [0.717, 1.165) is 34.0 Å². The number of aromatic amines is 1. The molecule has 39 heavy (non-hydrogen) atoms. The zero-order valence-electron chi connectivity index (χ0n) is 22.7. The first-order chi connectivity index (χ1) is 18.8. The monoisotopic (exact) mass is 540 g/mol. The Morgan fingerprint density at radius 2 is 1.67 bits per heavy atom. The fourth-order valence-corrected chi connectivity index (χ4v) is 5.05. The first-order valence-corrected chi connectivity index (χ1v) is 13.6. The van der Waals surface area contributed by atoms with E-state index in [4.69, 9.17) is 11.6 Å². The highest BCUT2D eigenvalue weighted by molar-refractivity contribution is 6.30. The summed E-state index contributed by atoms with van der Waals surface area (Å²) >= 11 is 6.20. The van der Waals surface area contributed by atoms with Gasteiger partial charge in [0.1, 0.15) is 6.04 Å². The molecule has 1 N–H and O–H groups in total. The van der Waals surface area contributed by atoms with E-state index in [1.165, 1.54) is 0 Å². The summed E-state index contributed by atoms with van der Waals surface area (Å²) in [6.07, 6.45) is 0.820. The Morgan fingerprint density at radius 1 is 0.974 bits per heavy atom. The zero-order valence-corrected chi connectivity index (χ0v) is 23.5. The quantitative estimate of drug-likeness (QED) is 0.233. The first kappa shape index (κ1) is 26.8. The molecule has 0 aliphatic heterocycles. The molecule has 2 heterocycles. The summed E-state index contributed by atoms with van der Waals surface area (Å²) in [7, 11) is 0. The van der Waals surface area contributed by atoms with Crippen molar-refractivity contribution in [2.45, 2.75) is 58.8 Å². The molecular weight excluding hydrogens is 508 g/mol. The molecule has 5 aromatic rings. The summed E-state index contributed by atoms with van der Waals surface area (Å²) in [5.41, 5.74) is 4.15. The van der Waals surface area contributed by atoms with Crippen LogP contribution in [0.5, 0.6) is 0 Å². The van der Waals surface area contributed by atoms with E-state index in [0.29, 0.717) is 29.5 Å². The van der Waals surface area contributed by atoms with Crippen molar-refractivity contribution >= 4 is 22.5 Å². The zero-order chi connectivity index (χ0) is 27.6. The van der Waals surface area contributed by atoms with Crippen LogP contribution in [0, 0.1) is 6.92 Å². The second-order valence-electron chi connectivity index (χ2n) is 10.6. The number of fused-ring (bicyclic) bond motifs is 1. The van der Waals surface area contributed by atoms with E-state index in [9.17, 15) is 4.79 Å². The second-order valence-corrected chi connectivity index (χ2v) is 11.1. The van der Waals surface area contributed by atoms with Gasteiger partial charge < -0.3 is 4.98 Å². The first-order valence-electron chi connectivity index (χ1n) is 13.2. The molecule has 5 rings (SSSR count). The summed E-state index contributed by atoms with van der Waals surface area (Å²) < 4.78 is 1.87. The van der Waals surface area contributed by atoms with Crippen molar-refractivity contribution in [1.82, 2.24) is 30.1 Å². The molecule has 0 radical (unpaired) electrons. The molecule has 0 bridgehead atoms. The fraction of sp³-hybridized carbons (Fsp3) is 0.290. The fourth-order valence-electron chi connectivity index (χ4n) is 4.93. The Bertz CT molecular complexity index is 1630. The van der Waals surface area contributed by atoms with Gasteiger partial charge in [0.2, 0.25) is 0 Å². The van der Waals surface area contributed by atoms with Crippen molar-refractivity contribution < 1.29 is 0 Å². The highest BCUT2D eigenvalue weighted by Gasteiger charge is 2.34. The van der Waals surface area contributed by atoms with Gasteiger partial charge in [0.25, 0.3) is 5.56 Å². The highest BCUT2D eigenvalue weighted by atomic mass is 35.5. The van der Waals surface area contributed by atoms with Gasteiger partial charge in [-0.05, 0) is 77.9 Å². The lowest BCUT2D eigenvalue weighted by molar-refractivity contribution is 0.180. The lowest BCUT2D eigenvalue weighted by Gasteiger charge is -2.33. The number of pyridine rings is 1. The minimum Gasteiger partial charge on any atom is -0.321 e. The lowest BCUT2D eigenvalue weighted by atomic mass is 9.98. The lowest BCUT2D eigenvalue weighted by Crippen LogP contribution is -2.38. The van der Waals surface area contributed by atoms with Gasteiger partial charge >= 0.3 is 0 Å². The molecular formula is C31H33ClN6O. The van der Waals surface area contributed by atoms with E-state index in [2.05, 4.69) is 58.3 Å². The van der Waals surface area contributed by atoms with Crippen LogP contribution >= 0.6 is 11.6 Å². The van der Waals surface area contributed by atoms with E-state index in [1.54, 1.807) is 0 Å². The Morgan fingerprint density at radius 3 is 2.36 bits per heavy atom. The third kappa shape index (κ3) is 5.65. The summed E-state index contributed by atoms with van der Waals surface area (Å²) in [5, 5.41) is 14.7. The molecule has 0 unspecified atom stereocenters. The molecule has 0 fully saturated rings. The Kier molecular flexibility index (Phi) is 7.64. The third-order valence-electron chi connectivity index (χ3n) is 7.48. The Balaban J connectivity index is 1.74. The number of para-hydroxylation sites is 1. The van der Waals surface area contributed by atoms with E-state index >= 15 is 0 Å². The topological polar surface area (TPSA) is 79.7 Å². The van der Waals surface area contributed by atoms with Crippen LogP contribution in [0.1, 0.15) is 61.3 Å². The molecule has 200 valence electrons. The largest absolute Gasteiger partial charge is 0.321 e. The predicted molar refractivity (Wildman–Crippen MR) is 156 cm³/mol. The Labute approximate surface area is 233 Å². The molecule has 0 aliphatic carbocycles. The van der Waals surface area contributed by atoms with Crippen molar-refractivity contribution in [3.63, 3.8) is 0 Å². The number of rotatable bonds is 9. The van der Waals surface area contributed by atoms with Crippen molar-refractivity contribution in [2.24, 2.45) is 0 Å².